The lowest BCUT2D eigenvalue weighted by Crippen LogP contribution is -2.15. The Kier molecular flexibility index (Phi) is 4.85. The van der Waals surface area contributed by atoms with Crippen molar-refractivity contribution in [3.05, 3.63) is 49.8 Å². The van der Waals surface area contributed by atoms with Gasteiger partial charge in [-0.2, -0.15) is 0 Å². The molecule has 7 heteroatoms. The second-order valence-corrected chi connectivity index (χ2v) is 7.86. The van der Waals surface area contributed by atoms with E-state index in [4.69, 9.17) is 23.2 Å². The number of halogens is 2. The average Bonchev–Trinajstić information content (AvgIpc) is 2.86. The van der Waals surface area contributed by atoms with Crippen LogP contribution in [0.2, 0.25) is 10.0 Å². The number of rotatable bonds is 3. The summed E-state index contributed by atoms with van der Waals surface area (Å²) in [6.45, 7) is 2.15. The minimum Gasteiger partial charge on any atom is -0.478 e. The zero-order chi connectivity index (χ0) is 17.4. The van der Waals surface area contributed by atoms with Gasteiger partial charge in [-0.15, -0.1) is 11.3 Å². The summed E-state index contributed by atoms with van der Waals surface area (Å²) in [6, 6.07) is 4.56. The lowest BCUT2D eigenvalue weighted by Gasteiger charge is -2.17. The standard InChI is InChI=1S/C17H15Cl2NO3S/c1-8-2-4-10-13(6-8)24-16(14(10)17(22)23)20-15(21)9-3-5-11(18)12(19)7-9/h3,5,7-8H,2,4,6H2,1H3,(H,20,21)(H,22,23). The Balaban J connectivity index is 1.93. The number of hydrogen-bond donors (Lipinski definition) is 2. The molecule has 4 nitrogen and oxygen atoms in total. The molecule has 0 saturated heterocycles. The summed E-state index contributed by atoms with van der Waals surface area (Å²) < 4.78 is 0. The molecule has 1 heterocycles. The minimum absolute atomic E-state index is 0.218. The highest BCUT2D eigenvalue weighted by atomic mass is 35.5. The van der Waals surface area contributed by atoms with E-state index in [1.54, 1.807) is 6.07 Å². The van der Waals surface area contributed by atoms with Crippen LogP contribution in [0.1, 0.15) is 44.5 Å². The van der Waals surface area contributed by atoms with Crippen molar-refractivity contribution in [2.75, 3.05) is 5.32 Å². The molecule has 2 N–H and O–H groups in total. The third kappa shape index (κ3) is 3.29. The molecule has 1 atom stereocenters. The van der Waals surface area contributed by atoms with Gasteiger partial charge in [0.1, 0.15) is 5.00 Å². The number of carboxylic acids is 1. The number of thiophene rings is 1. The first-order valence-corrected chi connectivity index (χ1v) is 9.08. The van der Waals surface area contributed by atoms with Crippen LogP contribution in [0.15, 0.2) is 18.2 Å². The highest BCUT2D eigenvalue weighted by molar-refractivity contribution is 7.17. The maximum atomic E-state index is 12.4. The van der Waals surface area contributed by atoms with E-state index < -0.39 is 11.9 Å². The molecular formula is C17H15Cl2NO3S. The van der Waals surface area contributed by atoms with Crippen molar-refractivity contribution in [3.8, 4) is 0 Å². The maximum absolute atomic E-state index is 12.4. The van der Waals surface area contributed by atoms with Crippen molar-refractivity contribution in [1.29, 1.82) is 0 Å². The zero-order valence-corrected chi connectivity index (χ0v) is 15.2. The topological polar surface area (TPSA) is 66.4 Å². The van der Waals surface area contributed by atoms with Crippen molar-refractivity contribution in [1.82, 2.24) is 0 Å². The fourth-order valence-corrected chi connectivity index (χ4v) is 4.57. The maximum Gasteiger partial charge on any atom is 0.339 e. The van der Waals surface area contributed by atoms with E-state index in [0.29, 0.717) is 21.5 Å². The van der Waals surface area contributed by atoms with E-state index in [2.05, 4.69) is 12.2 Å². The number of nitrogens with one attached hydrogen (secondary N) is 1. The Bertz CT molecular complexity index is 831. The van der Waals surface area contributed by atoms with Gasteiger partial charge in [0.25, 0.3) is 5.91 Å². The van der Waals surface area contributed by atoms with E-state index in [-0.39, 0.29) is 10.6 Å². The molecule has 0 radical (unpaired) electrons. The SMILES string of the molecule is CC1CCc2c(sc(NC(=O)c3ccc(Cl)c(Cl)c3)c2C(=O)O)C1. The summed E-state index contributed by atoms with van der Waals surface area (Å²) in [6.07, 6.45) is 2.55. The molecule has 0 spiro atoms. The van der Waals surface area contributed by atoms with Crippen LogP contribution in [0, 0.1) is 5.92 Å². The quantitative estimate of drug-likeness (QED) is 0.771. The lowest BCUT2D eigenvalue weighted by molar-refractivity contribution is 0.0697. The monoisotopic (exact) mass is 383 g/mol. The van der Waals surface area contributed by atoms with Gasteiger partial charge in [-0.3, -0.25) is 4.79 Å². The molecule has 1 aromatic carbocycles. The molecule has 0 fully saturated rings. The number of aromatic carboxylic acids is 1. The first kappa shape index (κ1) is 17.3. The first-order chi connectivity index (χ1) is 11.4. The van der Waals surface area contributed by atoms with Crippen LogP contribution in [0.3, 0.4) is 0 Å². The van der Waals surface area contributed by atoms with Crippen molar-refractivity contribution in [2.45, 2.75) is 26.2 Å². The highest BCUT2D eigenvalue weighted by Crippen LogP contribution is 2.39. The number of carbonyl (C=O) groups is 2. The molecule has 0 aliphatic heterocycles. The van der Waals surface area contributed by atoms with Gasteiger partial charge in [0.15, 0.2) is 0 Å². The van der Waals surface area contributed by atoms with Gasteiger partial charge in [-0.05, 0) is 48.9 Å². The van der Waals surface area contributed by atoms with Crippen LogP contribution in [0.5, 0.6) is 0 Å². The second-order valence-electron chi connectivity index (χ2n) is 5.94. The van der Waals surface area contributed by atoms with E-state index in [9.17, 15) is 14.7 Å². The predicted octanol–water partition coefficient (Wildman–Crippen LogP) is 5.13. The Hall–Kier alpha value is -1.56. The fourth-order valence-electron chi connectivity index (χ4n) is 2.88. The van der Waals surface area contributed by atoms with E-state index in [1.807, 2.05) is 0 Å². The van der Waals surface area contributed by atoms with E-state index in [0.717, 1.165) is 29.7 Å². The molecule has 126 valence electrons. The van der Waals surface area contributed by atoms with E-state index in [1.165, 1.54) is 23.5 Å². The third-order valence-corrected chi connectivity index (χ3v) is 6.04. The van der Waals surface area contributed by atoms with Crippen LogP contribution in [-0.2, 0) is 12.8 Å². The van der Waals surface area contributed by atoms with Gasteiger partial charge in [0, 0.05) is 10.4 Å². The Morgan fingerprint density at radius 3 is 2.71 bits per heavy atom. The lowest BCUT2D eigenvalue weighted by atomic mass is 9.88. The average molecular weight is 384 g/mol. The minimum atomic E-state index is -1.01. The number of anilines is 1. The van der Waals surface area contributed by atoms with Gasteiger partial charge in [-0.1, -0.05) is 30.1 Å². The molecule has 24 heavy (non-hydrogen) atoms. The summed E-state index contributed by atoms with van der Waals surface area (Å²) >= 11 is 13.1. The number of carboxylic acid groups (broad SMARTS) is 1. The van der Waals surface area contributed by atoms with Crippen LogP contribution < -0.4 is 5.32 Å². The van der Waals surface area contributed by atoms with Crippen LogP contribution >= 0.6 is 34.5 Å². The molecule has 1 aliphatic rings. The largest absolute Gasteiger partial charge is 0.478 e. The molecule has 1 unspecified atom stereocenters. The molecule has 1 amide bonds. The normalized spacial score (nSPS) is 16.5. The van der Waals surface area contributed by atoms with Gasteiger partial charge < -0.3 is 10.4 Å². The van der Waals surface area contributed by atoms with Crippen molar-refractivity contribution in [2.24, 2.45) is 5.92 Å². The summed E-state index contributed by atoms with van der Waals surface area (Å²) in [5.41, 5.74) is 1.41. The van der Waals surface area contributed by atoms with Gasteiger partial charge >= 0.3 is 5.97 Å². The first-order valence-electron chi connectivity index (χ1n) is 7.51. The molecule has 3 rings (SSSR count). The number of hydrogen-bond acceptors (Lipinski definition) is 3. The molecule has 0 bridgehead atoms. The number of amides is 1. The summed E-state index contributed by atoms with van der Waals surface area (Å²) in [4.78, 5) is 25.2. The highest BCUT2D eigenvalue weighted by Gasteiger charge is 2.28. The van der Waals surface area contributed by atoms with Gasteiger partial charge in [-0.25, -0.2) is 4.79 Å². The zero-order valence-electron chi connectivity index (χ0n) is 12.9. The van der Waals surface area contributed by atoms with Crippen LogP contribution in [0.4, 0.5) is 5.00 Å². The van der Waals surface area contributed by atoms with Gasteiger partial charge in [0.2, 0.25) is 0 Å². The van der Waals surface area contributed by atoms with Crippen molar-refractivity contribution >= 4 is 51.4 Å². The molecule has 1 aromatic heterocycles. The Labute approximate surface area is 153 Å². The summed E-state index contributed by atoms with van der Waals surface area (Å²) in [7, 11) is 0. The predicted molar refractivity (Wildman–Crippen MR) is 96.9 cm³/mol. The Morgan fingerprint density at radius 2 is 2.04 bits per heavy atom. The summed E-state index contributed by atoms with van der Waals surface area (Å²) in [5.74, 6) is -0.884. The smallest absolute Gasteiger partial charge is 0.339 e. The van der Waals surface area contributed by atoms with Crippen molar-refractivity contribution < 1.29 is 14.7 Å². The van der Waals surface area contributed by atoms with Crippen LogP contribution in [0.25, 0.3) is 0 Å². The molecule has 1 aliphatic carbocycles. The molecule has 0 saturated carbocycles. The number of benzene rings is 1. The molecule has 2 aromatic rings. The molecular weight excluding hydrogens is 369 g/mol. The van der Waals surface area contributed by atoms with Crippen LogP contribution in [-0.4, -0.2) is 17.0 Å². The third-order valence-electron chi connectivity index (χ3n) is 4.13. The second kappa shape index (κ2) is 6.75. The Morgan fingerprint density at radius 1 is 1.29 bits per heavy atom. The fraction of sp³-hybridized carbons (Fsp3) is 0.294. The van der Waals surface area contributed by atoms with E-state index >= 15 is 0 Å². The van der Waals surface area contributed by atoms with Crippen molar-refractivity contribution in [3.63, 3.8) is 0 Å². The summed E-state index contributed by atoms with van der Waals surface area (Å²) in [5, 5.41) is 13.3. The van der Waals surface area contributed by atoms with Gasteiger partial charge in [0.05, 0.1) is 15.6 Å². The number of carbonyl (C=O) groups excluding carboxylic acids is 1. The number of fused-ring (bicyclic) bond motifs is 1.